The number of halogens is 2. The average Bonchev–Trinajstić information content (AvgIpc) is 3.28. The molecule has 2 aliphatic rings. The molecule has 1 fully saturated rings. The minimum Gasteiger partial charge on any atom is -0.488 e. The molecular weight excluding hydrogens is 450 g/mol. The molecule has 0 saturated carbocycles. The van der Waals surface area contributed by atoms with E-state index in [-0.39, 0.29) is 29.7 Å². The van der Waals surface area contributed by atoms with E-state index < -0.39 is 11.6 Å². The van der Waals surface area contributed by atoms with Crippen molar-refractivity contribution in [2.45, 2.75) is 40.2 Å². The molecule has 8 heteroatoms. The fraction of sp³-hybridized carbons (Fsp3) is 0.481. The van der Waals surface area contributed by atoms with Crippen LogP contribution in [0.5, 0.6) is 5.75 Å². The van der Waals surface area contributed by atoms with Crippen LogP contribution < -0.4 is 9.75 Å². The number of hydrogen-bond donors (Lipinski definition) is 0. The number of carbonyl (C=O) groups excluding carboxylic acids is 1. The highest BCUT2D eigenvalue weighted by Crippen LogP contribution is 2.40. The summed E-state index contributed by atoms with van der Waals surface area (Å²) in [6.45, 7) is 11.2. The van der Waals surface area contributed by atoms with Gasteiger partial charge in [0, 0.05) is 49.3 Å². The molecule has 0 aromatic heterocycles. The molecule has 0 N–H and O–H groups in total. The van der Waals surface area contributed by atoms with Gasteiger partial charge in [-0.3, -0.25) is 9.80 Å². The monoisotopic (exact) mass is 484 g/mol. The second-order valence-electron chi connectivity index (χ2n) is 10.3. The number of anilines is 1. The Labute approximate surface area is 206 Å². The second-order valence-corrected chi connectivity index (χ2v) is 10.3. The first-order chi connectivity index (χ1) is 16.6. The van der Waals surface area contributed by atoms with Gasteiger partial charge in [-0.25, -0.2) is 8.78 Å². The Bertz CT molecular complexity index is 1080. The molecule has 1 atom stereocenters. The molecule has 6 nitrogen and oxygen atoms in total. The van der Waals surface area contributed by atoms with Crippen molar-refractivity contribution in [1.29, 1.82) is 0 Å². The third kappa shape index (κ3) is 5.32. The maximum Gasteiger partial charge on any atom is 0.253 e. The van der Waals surface area contributed by atoms with Crippen LogP contribution in [0.3, 0.4) is 0 Å². The zero-order chi connectivity index (χ0) is 25.3. The van der Waals surface area contributed by atoms with Crippen LogP contribution in [0.25, 0.3) is 0 Å². The predicted octanol–water partition coefficient (Wildman–Crippen LogP) is 5.10. The van der Waals surface area contributed by atoms with E-state index in [0.29, 0.717) is 30.6 Å². The standard InChI is InChI=1S/C27H34F2N4O2/c1-6-35-25-21(28)15-19(16-22(25)29)23-17-24(27(2,3)4)30-33(23)20-9-7-18(8-10-20)26(34)32-13-11-31(5)12-14-32/h7-10,15-16,23H,6,11-14,17H2,1-5H3. The molecule has 1 unspecified atom stereocenters. The van der Waals surface area contributed by atoms with E-state index >= 15 is 0 Å². The first kappa shape index (κ1) is 25.1. The molecule has 0 aliphatic carbocycles. The first-order valence-corrected chi connectivity index (χ1v) is 12.1. The number of hydrazone groups is 1. The Kier molecular flexibility index (Phi) is 7.12. The van der Waals surface area contributed by atoms with Crippen molar-refractivity contribution in [2.24, 2.45) is 10.5 Å². The van der Waals surface area contributed by atoms with Gasteiger partial charge in [-0.05, 0) is 55.9 Å². The number of nitrogens with zero attached hydrogens (tertiary/aromatic N) is 4. The summed E-state index contributed by atoms with van der Waals surface area (Å²) in [5.74, 6) is -1.79. The summed E-state index contributed by atoms with van der Waals surface area (Å²) in [7, 11) is 2.05. The number of carbonyl (C=O) groups is 1. The maximum absolute atomic E-state index is 14.7. The molecule has 0 spiro atoms. The van der Waals surface area contributed by atoms with Gasteiger partial charge < -0.3 is 14.5 Å². The highest BCUT2D eigenvalue weighted by molar-refractivity contribution is 5.95. The molecule has 2 aliphatic heterocycles. The summed E-state index contributed by atoms with van der Waals surface area (Å²) in [4.78, 5) is 17.0. The van der Waals surface area contributed by atoms with Gasteiger partial charge in [-0.1, -0.05) is 20.8 Å². The van der Waals surface area contributed by atoms with E-state index in [0.717, 1.165) is 24.5 Å². The van der Waals surface area contributed by atoms with Gasteiger partial charge in [0.25, 0.3) is 5.91 Å². The number of ether oxygens (including phenoxy) is 1. The van der Waals surface area contributed by atoms with Crippen LogP contribution >= 0.6 is 0 Å². The van der Waals surface area contributed by atoms with Gasteiger partial charge in [0.2, 0.25) is 0 Å². The SMILES string of the molecule is CCOc1c(F)cc(C2CC(C(C)(C)C)=NN2c2ccc(C(=O)N3CCN(C)CC3)cc2)cc1F. The van der Waals surface area contributed by atoms with Crippen molar-refractivity contribution in [3.63, 3.8) is 0 Å². The zero-order valence-electron chi connectivity index (χ0n) is 21.1. The topological polar surface area (TPSA) is 48.4 Å². The minimum absolute atomic E-state index is 0.0113. The van der Waals surface area contributed by atoms with Crippen LogP contribution in [0.15, 0.2) is 41.5 Å². The molecule has 2 heterocycles. The van der Waals surface area contributed by atoms with Crippen molar-refractivity contribution in [1.82, 2.24) is 9.80 Å². The highest BCUT2D eigenvalue weighted by atomic mass is 19.1. The number of rotatable bonds is 5. The Morgan fingerprint density at radius 3 is 2.20 bits per heavy atom. The third-order valence-corrected chi connectivity index (χ3v) is 6.64. The number of likely N-dealkylation sites (N-methyl/N-ethyl adjacent to an activating group) is 1. The van der Waals surface area contributed by atoms with Crippen LogP contribution in [-0.4, -0.2) is 61.3 Å². The maximum atomic E-state index is 14.7. The lowest BCUT2D eigenvalue weighted by Crippen LogP contribution is -2.47. The summed E-state index contributed by atoms with van der Waals surface area (Å²) in [6.07, 6.45) is 0.540. The van der Waals surface area contributed by atoms with Crippen LogP contribution in [0, 0.1) is 17.0 Å². The summed E-state index contributed by atoms with van der Waals surface area (Å²) >= 11 is 0. The van der Waals surface area contributed by atoms with Crippen molar-refractivity contribution in [3.05, 3.63) is 59.2 Å². The third-order valence-electron chi connectivity index (χ3n) is 6.64. The average molecular weight is 485 g/mol. The molecular formula is C27H34F2N4O2. The van der Waals surface area contributed by atoms with Crippen molar-refractivity contribution in [2.75, 3.05) is 44.8 Å². The van der Waals surface area contributed by atoms with Crippen molar-refractivity contribution < 1.29 is 18.3 Å². The molecule has 2 aromatic carbocycles. The predicted molar refractivity (Wildman–Crippen MR) is 134 cm³/mol. The Morgan fingerprint density at radius 2 is 1.66 bits per heavy atom. The van der Waals surface area contributed by atoms with Gasteiger partial charge >= 0.3 is 0 Å². The minimum atomic E-state index is -0.723. The lowest BCUT2D eigenvalue weighted by molar-refractivity contribution is 0.0664. The lowest BCUT2D eigenvalue weighted by Gasteiger charge is -2.32. The molecule has 0 bridgehead atoms. The normalized spacial score (nSPS) is 19.2. The van der Waals surface area contributed by atoms with Crippen LogP contribution in [0.4, 0.5) is 14.5 Å². The summed E-state index contributed by atoms with van der Waals surface area (Å²) in [5.41, 5.74) is 2.61. The van der Waals surface area contributed by atoms with Gasteiger partial charge in [0.05, 0.1) is 18.3 Å². The van der Waals surface area contributed by atoms with E-state index in [9.17, 15) is 13.6 Å². The van der Waals surface area contributed by atoms with Crippen LogP contribution in [-0.2, 0) is 0 Å². The molecule has 2 aromatic rings. The van der Waals surface area contributed by atoms with Crippen LogP contribution in [0.2, 0.25) is 0 Å². The summed E-state index contributed by atoms with van der Waals surface area (Å²) in [6, 6.07) is 9.60. The second kappa shape index (κ2) is 9.93. The molecule has 35 heavy (non-hydrogen) atoms. The zero-order valence-corrected chi connectivity index (χ0v) is 21.1. The number of piperazine rings is 1. The Balaban J connectivity index is 1.62. The van der Waals surface area contributed by atoms with Crippen LogP contribution in [0.1, 0.15) is 56.1 Å². The van der Waals surface area contributed by atoms with Crippen molar-refractivity contribution in [3.8, 4) is 5.75 Å². The molecule has 0 radical (unpaired) electrons. The molecule has 188 valence electrons. The largest absolute Gasteiger partial charge is 0.488 e. The highest BCUT2D eigenvalue weighted by Gasteiger charge is 2.35. The van der Waals surface area contributed by atoms with E-state index in [1.165, 1.54) is 12.1 Å². The fourth-order valence-corrected chi connectivity index (χ4v) is 4.47. The van der Waals surface area contributed by atoms with Gasteiger partial charge in [-0.15, -0.1) is 0 Å². The smallest absolute Gasteiger partial charge is 0.253 e. The number of hydrogen-bond acceptors (Lipinski definition) is 5. The summed E-state index contributed by atoms with van der Waals surface area (Å²) in [5, 5.41) is 6.66. The quantitative estimate of drug-likeness (QED) is 0.592. The number of amides is 1. The fourth-order valence-electron chi connectivity index (χ4n) is 4.47. The lowest BCUT2D eigenvalue weighted by atomic mass is 9.85. The van der Waals surface area contributed by atoms with Crippen molar-refractivity contribution >= 4 is 17.3 Å². The molecule has 1 saturated heterocycles. The van der Waals surface area contributed by atoms with E-state index in [1.54, 1.807) is 24.1 Å². The first-order valence-electron chi connectivity index (χ1n) is 12.1. The van der Waals surface area contributed by atoms with E-state index in [2.05, 4.69) is 32.7 Å². The van der Waals surface area contributed by atoms with Gasteiger partial charge in [-0.2, -0.15) is 5.10 Å². The van der Waals surface area contributed by atoms with Gasteiger partial charge in [0.1, 0.15) is 0 Å². The van der Waals surface area contributed by atoms with E-state index in [1.807, 2.05) is 17.0 Å². The molecule has 4 rings (SSSR count). The number of benzene rings is 2. The molecule has 1 amide bonds. The Morgan fingerprint density at radius 1 is 1.06 bits per heavy atom. The summed E-state index contributed by atoms with van der Waals surface area (Å²) < 4.78 is 34.5. The Hall–Kier alpha value is -3.00. The van der Waals surface area contributed by atoms with E-state index in [4.69, 9.17) is 9.84 Å². The van der Waals surface area contributed by atoms with Gasteiger partial charge in [0.15, 0.2) is 17.4 Å².